The van der Waals surface area contributed by atoms with Crippen molar-refractivity contribution in [2.24, 2.45) is 5.92 Å². The quantitative estimate of drug-likeness (QED) is 0.706. The van der Waals surface area contributed by atoms with E-state index in [2.05, 4.69) is 48.7 Å². The van der Waals surface area contributed by atoms with Gasteiger partial charge in [-0.15, -0.1) is 0 Å². The van der Waals surface area contributed by atoms with Gasteiger partial charge in [-0.1, -0.05) is 26.0 Å². The predicted octanol–water partition coefficient (Wildman–Crippen LogP) is 3.05. The monoisotopic (exact) mass is 232 g/mol. The van der Waals surface area contributed by atoms with Crippen molar-refractivity contribution in [3.05, 3.63) is 29.8 Å². The maximum atomic E-state index is 3.50. The number of anilines is 1. The number of hydrogen-bond donors (Lipinski definition) is 2. The van der Waals surface area contributed by atoms with Crippen LogP contribution >= 0.6 is 0 Å². The van der Waals surface area contributed by atoms with Crippen LogP contribution in [0.2, 0.25) is 0 Å². The van der Waals surface area contributed by atoms with Gasteiger partial charge in [0.1, 0.15) is 0 Å². The summed E-state index contributed by atoms with van der Waals surface area (Å²) >= 11 is 0. The van der Waals surface area contributed by atoms with Gasteiger partial charge in [-0.05, 0) is 42.9 Å². The van der Waals surface area contributed by atoms with E-state index >= 15 is 0 Å². The third kappa shape index (κ3) is 4.78. The summed E-state index contributed by atoms with van der Waals surface area (Å²) in [5.74, 6) is 0.733. The highest BCUT2D eigenvalue weighted by atomic mass is 15.0. The standard InChI is InChI=1S/C15H24N2/c1-12(2)11-13-3-5-14(6-4-13)16-9-10-17-15-7-8-15/h3-6,12,15-17H,7-11H2,1-2H3. The molecule has 2 heteroatoms. The molecule has 1 aromatic rings. The second-order valence-corrected chi connectivity index (χ2v) is 5.45. The largest absolute Gasteiger partial charge is 0.384 e. The Morgan fingerprint density at radius 3 is 2.41 bits per heavy atom. The first-order valence-corrected chi connectivity index (χ1v) is 6.80. The van der Waals surface area contributed by atoms with Gasteiger partial charge in [-0.2, -0.15) is 0 Å². The fourth-order valence-corrected chi connectivity index (χ4v) is 2.00. The Balaban J connectivity index is 1.69. The summed E-state index contributed by atoms with van der Waals surface area (Å²) in [6, 6.07) is 9.65. The first-order valence-electron chi connectivity index (χ1n) is 6.80. The molecule has 0 bridgehead atoms. The third-order valence-corrected chi connectivity index (χ3v) is 3.06. The average molecular weight is 232 g/mol. The molecule has 0 atom stereocenters. The summed E-state index contributed by atoms with van der Waals surface area (Å²) in [6.07, 6.45) is 3.90. The van der Waals surface area contributed by atoms with E-state index in [0.29, 0.717) is 0 Å². The lowest BCUT2D eigenvalue weighted by Crippen LogP contribution is -2.23. The summed E-state index contributed by atoms with van der Waals surface area (Å²) in [5.41, 5.74) is 2.66. The summed E-state index contributed by atoms with van der Waals surface area (Å²) in [5, 5.41) is 6.95. The highest BCUT2D eigenvalue weighted by molar-refractivity contribution is 5.44. The van der Waals surface area contributed by atoms with Crippen LogP contribution in [-0.4, -0.2) is 19.1 Å². The first-order chi connectivity index (χ1) is 8.24. The number of rotatable bonds is 7. The van der Waals surface area contributed by atoms with Gasteiger partial charge in [0, 0.05) is 24.8 Å². The van der Waals surface area contributed by atoms with Crippen molar-refractivity contribution < 1.29 is 0 Å². The maximum Gasteiger partial charge on any atom is 0.0340 e. The molecule has 1 aliphatic rings. The fraction of sp³-hybridized carbons (Fsp3) is 0.600. The maximum absolute atomic E-state index is 3.50. The zero-order valence-corrected chi connectivity index (χ0v) is 11.0. The van der Waals surface area contributed by atoms with Crippen molar-refractivity contribution in [2.75, 3.05) is 18.4 Å². The minimum atomic E-state index is 0.733. The molecule has 94 valence electrons. The van der Waals surface area contributed by atoms with E-state index < -0.39 is 0 Å². The van der Waals surface area contributed by atoms with Crippen LogP contribution in [0.5, 0.6) is 0 Å². The fourth-order valence-electron chi connectivity index (χ4n) is 2.00. The molecule has 2 nitrogen and oxygen atoms in total. The Bertz CT molecular complexity index is 325. The molecular formula is C15H24N2. The van der Waals surface area contributed by atoms with Gasteiger partial charge >= 0.3 is 0 Å². The molecule has 0 radical (unpaired) electrons. The highest BCUT2D eigenvalue weighted by Crippen LogP contribution is 2.18. The molecule has 1 fully saturated rings. The molecular weight excluding hydrogens is 208 g/mol. The Hall–Kier alpha value is -1.02. The summed E-state index contributed by atoms with van der Waals surface area (Å²) in [6.45, 7) is 6.60. The lowest BCUT2D eigenvalue weighted by atomic mass is 10.0. The Kier molecular flexibility index (Phi) is 4.43. The molecule has 2 N–H and O–H groups in total. The Labute approximate surface area is 105 Å². The Morgan fingerprint density at radius 2 is 1.82 bits per heavy atom. The number of nitrogens with one attached hydrogen (secondary N) is 2. The summed E-state index contributed by atoms with van der Waals surface area (Å²) < 4.78 is 0. The minimum absolute atomic E-state index is 0.733. The van der Waals surface area contributed by atoms with Crippen LogP contribution in [0.1, 0.15) is 32.3 Å². The lowest BCUT2D eigenvalue weighted by Gasteiger charge is -2.09. The lowest BCUT2D eigenvalue weighted by molar-refractivity contribution is 0.647. The molecule has 17 heavy (non-hydrogen) atoms. The molecule has 1 aliphatic carbocycles. The van der Waals surface area contributed by atoms with E-state index in [4.69, 9.17) is 0 Å². The third-order valence-electron chi connectivity index (χ3n) is 3.06. The molecule has 1 saturated carbocycles. The topological polar surface area (TPSA) is 24.1 Å². The van der Waals surface area contributed by atoms with Crippen molar-refractivity contribution in [2.45, 2.75) is 39.2 Å². The van der Waals surface area contributed by atoms with E-state index in [9.17, 15) is 0 Å². The van der Waals surface area contributed by atoms with Gasteiger partial charge in [-0.3, -0.25) is 0 Å². The molecule has 0 aliphatic heterocycles. The molecule has 0 saturated heterocycles. The summed E-state index contributed by atoms with van der Waals surface area (Å²) in [7, 11) is 0. The molecule has 0 amide bonds. The van der Waals surface area contributed by atoms with Gasteiger partial charge in [-0.25, -0.2) is 0 Å². The van der Waals surface area contributed by atoms with Gasteiger partial charge in [0.15, 0.2) is 0 Å². The molecule has 2 rings (SSSR count). The molecule has 0 heterocycles. The normalized spacial score (nSPS) is 15.2. The van der Waals surface area contributed by atoms with Crippen molar-refractivity contribution >= 4 is 5.69 Å². The van der Waals surface area contributed by atoms with Crippen molar-refractivity contribution in [3.8, 4) is 0 Å². The first kappa shape index (κ1) is 12.4. The van der Waals surface area contributed by atoms with Crippen LogP contribution in [0, 0.1) is 5.92 Å². The van der Waals surface area contributed by atoms with E-state index in [1.165, 1.54) is 30.5 Å². The van der Waals surface area contributed by atoms with Crippen LogP contribution in [0.15, 0.2) is 24.3 Å². The predicted molar refractivity (Wildman–Crippen MR) is 74.5 cm³/mol. The molecule has 0 aromatic heterocycles. The van der Waals surface area contributed by atoms with Crippen molar-refractivity contribution in [1.29, 1.82) is 0 Å². The Morgan fingerprint density at radius 1 is 1.12 bits per heavy atom. The zero-order valence-electron chi connectivity index (χ0n) is 11.0. The van der Waals surface area contributed by atoms with Crippen LogP contribution in [-0.2, 0) is 6.42 Å². The van der Waals surface area contributed by atoms with E-state index in [1.54, 1.807) is 0 Å². The van der Waals surface area contributed by atoms with Crippen molar-refractivity contribution in [1.82, 2.24) is 5.32 Å². The highest BCUT2D eigenvalue weighted by Gasteiger charge is 2.19. The molecule has 1 aromatic carbocycles. The van der Waals surface area contributed by atoms with Gasteiger partial charge < -0.3 is 10.6 Å². The number of hydrogen-bond acceptors (Lipinski definition) is 2. The van der Waals surface area contributed by atoms with E-state index in [0.717, 1.165) is 25.0 Å². The van der Waals surface area contributed by atoms with Gasteiger partial charge in [0.2, 0.25) is 0 Å². The van der Waals surface area contributed by atoms with Crippen molar-refractivity contribution in [3.63, 3.8) is 0 Å². The number of benzene rings is 1. The average Bonchev–Trinajstić information content (AvgIpc) is 3.10. The second-order valence-electron chi connectivity index (χ2n) is 5.45. The van der Waals surface area contributed by atoms with E-state index in [1.807, 2.05) is 0 Å². The second kappa shape index (κ2) is 6.06. The van der Waals surface area contributed by atoms with Gasteiger partial charge in [0.25, 0.3) is 0 Å². The summed E-state index contributed by atoms with van der Waals surface area (Å²) in [4.78, 5) is 0. The van der Waals surface area contributed by atoms with Crippen LogP contribution in [0.3, 0.4) is 0 Å². The van der Waals surface area contributed by atoms with E-state index in [-0.39, 0.29) is 0 Å². The molecule has 0 unspecified atom stereocenters. The van der Waals surface area contributed by atoms with Gasteiger partial charge in [0.05, 0.1) is 0 Å². The van der Waals surface area contributed by atoms with Crippen LogP contribution < -0.4 is 10.6 Å². The zero-order chi connectivity index (χ0) is 12.1. The SMILES string of the molecule is CC(C)Cc1ccc(NCCNC2CC2)cc1. The molecule has 0 spiro atoms. The minimum Gasteiger partial charge on any atom is -0.384 e. The van der Waals surface area contributed by atoms with Crippen LogP contribution in [0.25, 0.3) is 0 Å². The van der Waals surface area contributed by atoms with Crippen LogP contribution in [0.4, 0.5) is 5.69 Å². The smallest absolute Gasteiger partial charge is 0.0340 e.